The Morgan fingerprint density at radius 2 is 2.10 bits per heavy atom. The van der Waals surface area contributed by atoms with Gasteiger partial charge in [0.1, 0.15) is 12.4 Å². The van der Waals surface area contributed by atoms with Gasteiger partial charge >= 0.3 is 0 Å². The van der Waals surface area contributed by atoms with Gasteiger partial charge in [-0.25, -0.2) is 0 Å². The van der Waals surface area contributed by atoms with Crippen LogP contribution >= 0.6 is 12.4 Å². The average molecular weight is 313 g/mol. The van der Waals surface area contributed by atoms with E-state index in [1.807, 2.05) is 12.1 Å². The summed E-state index contributed by atoms with van der Waals surface area (Å²) in [5, 5.41) is 6.08. The van der Waals surface area contributed by atoms with E-state index in [2.05, 4.69) is 36.6 Å². The first kappa shape index (κ1) is 17.8. The molecule has 1 fully saturated rings. The Labute approximate surface area is 133 Å². The normalized spacial score (nSPS) is 17.4. The number of ether oxygens (including phenoxy) is 1. The molecule has 2 N–H and O–H groups in total. The number of carbonyl (C=O) groups is 1. The van der Waals surface area contributed by atoms with Crippen LogP contribution in [0.25, 0.3) is 0 Å². The molecule has 0 aliphatic carbocycles. The first-order valence-corrected chi connectivity index (χ1v) is 7.40. The number of halogens is 1. The highest BCUT2D eigenvalue weighted by Crippen LogP contribution is 2.18. The van der Waals surface area contributed by atoms with Crippen LogP contribution in [0.15, 0.2) is 24.3 Å². The number of hydrogen-bond donors (Lipinski definition) is 2. The van der Waals surface area contributed by atoms with Crippen LogP contribution in [-0.2, 0) is 4.79 Å². The molecule has 1 aliphatic heterocycles. The standard InChI is InChI=1S/C16H24N2O2.ClH/c1-12(2)13-5-7-14(8-6-13)20-11-10-18-16(19)15-4-3-9-17-15;/h5-8,12,15,17H,3-4,9-11H2,1-2H3,(H,18,19);1H. The molecule has 1 saturated heterocycles. The van der Waals surface area contributed by atoms with Crippen LogP contribution in [0.5, 0.6) is 5.75 Å². The summed E-state index contributed by atoms with van der Waals surface area (Å²) in [6.07, 6.45) is 2.01. The smallest absolute Gasteiger partial charge is 0.237 e. The highest BCUT2D eigenvalue weighted by molar-refractivity contribution is 5.85. The Kier molecular flexibility index (Phi) is 7.54. The summed E-state index contributed by atoms with van der Waals surface area (Å²) in [5.41, 5.74) is 1.30. The van der Waals surface area contributed by atoms with Gasteiger partial charge in [0.05, 0.1) is 12.6 Å². The summed E-state index contributed by atoms with van der Waals surface area (Å²) in [5.74, 6) is 1.46. The van der Waals surface area contributed by atoms with E-state index in [0.717, 1.165) is 25.1 Å². The summed E-state index contributed by atoms with van der Waals surface area (Å²) < 4.78 is 5.62. The second-order valence-electron chi connectivity index (χ2n) is 5.51. The highest BCUT2D eigenvalue weighted by atomic mass is 35.5. The lowest BCUT2D eigenvalue weighted by Crippen LogP contribution is -2.41. The fraction of sp³-hybridized carbons (Fsp3) is 0.562. The molecule has 0 bridgehead atoms. The van der Waals surface area contributed by atoms with Gasteiger partial charge in [-0.3, -0.25) is 4.79 Å². The van der Waals surface area contributed by atoms with Gasteiger partial charge in [-0.1, -0.05) is 26.0 Å². The minimum absolute atomic E-state index is 0. The topological polar surface area (TPSA) is 50.4 Å². The van der Waals surface area contributed by atoms with Crippen molar-refractivity contribution in [3.05, 3.63) is 29.8 Å². The van der Waals surface area contributed by atoms with Crippen molar-refractivity contribution in [3.63, 3.8) is 0 Å². The average Bonchev–Trinajstić information content (AvgIpc) is 2.98. The maximum Gasteiger partial charge on any atom is 0.237 e. The van der Waals surface area contributed by atoms with Crippen LogP contribution in [0.3, 0.4) is 0 Å². The van der Waals surface area contributed by atoms with E-state index in [0.29, 0.717) is 19.1 Å². The fourth-order valence-electron chi connectivity index (χ4n) is 2.32. The summed E-state index contributed by atoms with van der Waals surface area (Å²) in [7, 11) is 0. The van der Waals surface area contributed by atoms with Crippen LogP contribution in [0, 0.1) is 0 Å². The molecular formula is C16H25ClN2O2. The van der Waals surface area contributed by atoms with Crippen LogP contribution in [0.4, 0.5) is 0 Å². The Morgan fingerprint density at radius 3 is 2.67 bits per heavy atom. The maximum atomic E-state index is 11.7. The predicted octanol–water partition coefficient (Wildman–Crippen LogP) is 2.48. The highest BCUT2D eigenvalue weighted by Gasteiger charge is 2.21. The second kappa shape index (κ2) is 8.90. The molecule has 0 radical (unpaired) electrons. The molecule has 1 amide bonds. The largest absolute Gasteiger partial charge is 0.492 e. The summed E-state index contributed by atoms with van der Waals surface area (Å²) in [6, 6.07) is 8.12. The Balaban J connectivity index is 0.00000220. The minimum atomic E-state index is -0.0136. The van der Waals surface area contributed by atoms with Crippen molar-refractivity contribution >= 4 is 18.3 Å². The van der Waals surface area contributed by atoms with Gasteiger partial charge in [0, 0.05) is 0 Å². The van der Waals surface area contributed by atoms with Gasteiger partial charge in [0.15, 0.2) is 0 Å². The lowest BCUT2D eigenvalue weighted by molar-refractivity contribution is -0.122. The van der Waals surface area contributed by atoms with Crippen molar-refractivity contribution in [2.24, 2.45) is 0 Å². The molecule has 1 unspecified atom stereocenters. The molecule has 1 aromatic carbocycles. The monoisotopic (exact) mass is 312 g/mol. The van der Waals surface area contributed by atoms with Gasteiger partial charge in [-0.2, -0.15) is 0 Å². The zero-order valence-electron chi connectivity index (χ0n) is 12.7. The lowest BCUT2D eigenvalue weighted by atomic mass is 10.0. The number of rotatable bonds is 6. The van der Waals surface area contributed by atoms with Gasteiger partial charge in [0.2, 0.25) is 5.91 Å². The second-order valence-corrected chi connectivity index (χ2v) is 5.51. The number of hydrogen-bond acceptors (Lipinski definition) is 3. The maximum absolute atomic E-state index is 11.7. The van der Waals surface area contributed by atoms with Crippen molar-refractivity contribution in [1.82, 2.24) is 10.6 Å². The molecule has 2 rings (SSSR count). The molecule has 118 valence electrons. The Hall–Kier alpha value is -1.26. The zero-order chi connectivity index (χ0) is 14.4. The molecule has 0 aromatic heterocycles. The predicted molar refractivity (Wildman–Crippen MR) is 87.3 cm³/mol. The molecule has 0 spiro atoms. The third-order valence-corrected chi connectivity index (χ3v) is 3.59. The van der Waals surface area contributed by atoms with Crippen LogP contribution in [-0.4, -0.2) is 31.6 Å². The van der Waals surface area contributed by atoms with Crippen molar-refractivity contribution in [1.29, 1.82) is 0 Å². The molecule has 0 saturated carbocycles. The molecule has 1 aromatic rings. The SMILES string of the molecule is CC(C)c1ccc(OCCNC(=O)C2CCCN2)cc1.Cl. The van der Waals surface area contributed by atoms with E-state index >= 15 is 0 Å². The van der Waals surface area contributed by atoms with Gasteiger partial charge in [-0.05, 0) is 43.0 Å². The fourth-order valence-corrected chi connectivity index (χ4v) is 2.32. The van der Waals surface area contributed by atoms with Crippen LogP contribution in [0.2, 0.25) is 0 Å². The molecular weight excluding hydrogens is 288 g/mol. The van der Waals surface area contributed by atoms with E-state index in [1.165, 1.54) is 5.56 Å². The van der Waals surface area contributed by atoms with E-state index in [1.54, 1.807) is 0 Å². The zero-order valence-corrected chi connectivity index (χ0v) is 13.5. The molecule has 5 heteroatoms. The molecule has 21 heavy (non-hydrogen) atoms. The number of benzene rings is 1. The molecule has 4 nitrogen and oxygen atoms in total. The van der Waals surface area contributed by atoms with E-state index < -0.39 is 0 Å². The van der Waals surface area contributed by atoms with E-state index in [9.17, 15) is 4.79 Å². The third kappa shape index (κ3) is 5.56. The Bertz CT molecular complexity index is 428. The molecule has 1 atom stereocenters. The van der Waals surface area contributed by atoms with Crippen molar-refractivity contribution in [2.45, 2.75) is 38.6 Å². The van der Waals surface area contributed by atoms with Gasteiger partial charge < -0.3 is 15.4 Å². The van der Waals surface area contributed by atoms with Crippen molar-refractivity contribution in [3.8, 4) is 5.75 Å². The summed E-state index contributed by atoms with van der Waals surface area (Å²) in [6.45, 7) is 6.32. The van der Waals surface area contributed by atoms with Crippen LogP contribution in [0.1, 0.15) is 38.2 Å². The van der Waals surface area contributed by atoms with Gasteiger partial charge in [-0.15, -0.1) is 12.4 Å². The van der Waals surface area contributed by atoms with Crippen LogP contribution < -0.4 is 15.4 Å². The Morgan fingerprint density at radius 1 is 1.38 bits per heavy atom. The first-order valence-electron chi connectivity index (χ1n) is 7.40. The number of carbonyl (C=O) groups excluding carboxylic acids is 1. The van der Waals surface area contributed by atoms with Crippen molar-refractivity contribution in [2.75, 3.05) is 19.7 Å². The van der Waals surface area contributed by atoms with E-state index in [4.69, 9.17) is 4.74 Å². The lowest BCUT2D eigenvalue weighted by Gasteiger charge is -2.12. The number of amides is 1. The van der Waals surface area contributed by atoms with Gasteiger partial charge in [0.25, 0.3) is 0 Å². The van der Waals surface area contributed by atoms with Crippen molar-refractivity contribution < 1.29 is 9.53 Å². The quantitative estimate of drug-likeness (QED) is 0.793. The molecule has 1 heterocycles. The molecule has 1 aliphatic rings. The summed E-state index contributed by atoms with van der Waals surface area (Å²) in [4.78, 5) is 11.7. The van der Waals surface area contributed by atoms with E-state index in [-0.39, 0.29) is 24.4 Å². The first-order chi connectivity index (χ1) is 9.66. The summed E-state index contributed by atoms with van der Waals surface area (Å²) >= 11 is 0. The third-order valence-electron chi connectivity index (χ3n) is 3.59. The number of nitrogens with one attached hydrogen (secondary N) is 2. The minimum Gasteiger partial charge on any atom is -0.492 e.